The van der Waals surface area contributed by atoms with Crippen molar-refractivity contribution in [1.29, 1.82) is 0 Å². The summed E-state index contributed by atoms with van der Waals surface area (Å²) in [6.45, 7) is 5.70. The molecule has 4 nitrogen and oxygen atoms in total. The normalized spacial score (nSPS) is 12.8. The van der Waals surface area contributed by atoms with E-state index in [1.807, 2.05) is 30.5 Å². The largest absolute Gasteiger partial charge is 0.387 e. The molecule has 0 bridgehead atoms. The maximum absolute atomic E-state index is 9.36. The summed E-state index contributed by atoms with van der Waals surface area (Å²) < 4.78 is 1.98. The molecular weight excluding hydrogens is 202 g/mol. The fraction of sp³-hybridized carbons (Fsp3) is 0.333. The highest BCUT2D eigenvalue weighted by Gasteiger charge is 2.06. The lowest BCUT2D eigenvalue weighted by molar-refractivity contribution is 0.194. The smallest absolute Gasteiger partial charge is 0.0997 e. The number of aromatic nitrogens is 3. The Morgan fingerprint density at radius 3 is 2.44 bits per heavy atom. The van der Waals surface area contributed by atoms with Gasteiger partial charge in [0.25, 0.3) is 0 Å². The molecule has 0 aliphatic heterocycles. The first-order chi connectivity index (χ1) is 7.59. The van der Waals surface area contributed by atoms with E-state index in [9.17, 15) is 5.11 Å². The van der Waals surface area contributed by atoms with Gasteiger partial charge in [-0.25, -0.2) is 4.98 Å². The number of hydrogen-bond acceptors (Lipinski definition) is 3. The van der Waals surface area contributed by atoms with Crippen molar-refractivity contribution < 1.29 is 5.11 Å². The highest BCUT2D eigenvalue weighted by Crippen LogP contribution is 2.15. The van der Waals surface area contributed by atoms with E-state index in [-0.39, 0.29) is 0 Å². The van der Waals surface area contributed by atoms with Gasteiger partial charge in [-0.2, -0.15) is 0 Å². The molecule has 0 amide bonds. The van der Waals surface area contributed by atoms with Gasteiger partial charge < -0.3 is 9.67 Å². The third-order valence-electron chi connectivity index (χ3n) is 2.73. The van der Waals surface area contributed by atoms with Crippen LogP contribution >= 0.6 is 0 Å². The van der Waals surface area contributed by atoms with Crippen molar-refractivity contribution in [2.45, 2.75) is 26.9 Å². The maximum Gasteiger partial charge on any atom is 0.0997 e. The molecule has 0 spiro atoms. The van der Waals surface area contributed by atoms with Crippen LogP contribution in [0.1, 0.15) is 30.1 Å². The molecule has 2 aromatic heterocycles. The second-order valence-electron chi connectivity index (χ2n) is 3.90. The predicted octanol–water partition coefficient (Wildman–Crippen LogP) is 1.94. The lowest BCUT2D eigenvalue weighted by Gasteiger charge is -2.07. The Morgan fingerprint density at radius 2 is 2.00 bits per heavy atom. The lowest BCUT2D eigenvalue weighted by Crippen LogP contribution is -1.99. The topological polar surface area (TPSA) is 50.9 Å². The number of pyridine rings is 1. The first kappa shape index (κ1) is 10.8. The van der Waals surface area contributed by atoms with Gasteiger partial charge >= 0.3 is 0 Å². The molecule has 0 aliphatic rings. The van der Waals surface area contributed by atoms with Crippen molar-refractivity contribution in [2.24, 2.45) is 0 Å². The third-order valence-corrected chi connectivity index (χ3v) is 2.73. The maximum atomic E-state index is 9.36. The van der Waals surface area contributed by atoms with Gasteiger partial charge in [-0.1, -0.05) is 0 Å². The first-order valence-corrected chi connectivity index (χ1v) is 5.24. The molecule has 2 aromatic rings. The Morgan fingerprint density at radius 1 is 1.25 bits per heavy atom. The van der Waals surface area contributed by atoms with Crippen LogP contribution in [0.2, 0.25) is 0 Å². The molecule has 1 unspecified atom stereocenters. The summed E-state index contributed by atoms with van der Waals surface area (Å²) in [5, 5.41) is 9.36. The molecule has 1 N–H and O–H groups in total. The molecule has 16 heavy (non-hydrogen) atoms. The van der Waals surface area contributed by atoms with Crippen LogP contribution in [-0.4, -0.2) is 19.6 Å². The second kappa shape index (κ2) is 4.06. The van der Waals surface area contributed by atoms with Crippen molar-refractivity contribution in [3.05, 3.63) is 41.7 Å². The number of nitrogens with zero attached hydrogens (tertiary/aromatic N) is 3. The second-order valence-corrected chi connectivity index (χ2v) is 3.90. The van der Waals surface area contributed by atoms with E-state index in [1.54, 1.807) is 19.4 Å². The Bertz CT molecular complexity index is 485. The fourth-order valence-corrected chi connectivity index (χ4v) is 1.55. The van der Waals surface area contributed by atoms with Crippen molar-refractivity contribution in [2.75, 3.05) is 0 Å². The zero-order valence-electron chi connectivity index (χ0n) is 9.68. The highest BCUT2D eigenvalue weighted by atomic mass is 16.3. The molecule has 84 valence electrons. The molecule has 0 aromatic carbocycles. The number of hydrogen-bond donors (Lipinski definition) is 1. The van der Waals surface area contributed by atoms with Crippen LogP contribution in [0.25, 0.3) is 5.69 Å². The minimum absolute atomic E-state index is 0.528. The van der Waals surface area contributed by atoms with Crippen LogP contribution in [-0.2, 0) is 0 Å². The number of aryl methyl sites for hydroxylation is 1. The molecule has 0 saturated heterocycles. The molecule has 0 radical (unpaired) electrons. The van der Waals surface area contributed by atoms with Crippen LogP contribution in [0.3, 0.4) is 0 Å². The average molecular weight is 217 g/mol. The van der Waals surface area contributed by atoms with E-state index < -0.39 is 6.10 Å². The lowest BCUT2D eigenvalue weighted by atomic mass is 10.2. The number of rotatable bonds is 2. The summed E-state index contributed by atoms with van der Waals surface area (Å²) >= 11 is 0. The highest BCUT2D eigenvalue weighted by molar-refractivity contribution is 5.33. The average Bonchev–Trinajstić information content (AvgIpc) is 2.60. The minimum Gasteiger partial charge on any atom is -0.387 e. The molecule has 1 atom stereocenters. The summed E-state index contributed by atoms with van der Waals surface area (Å²) in [4.78, 5) is 8.44. The van der Waals surface area contributed by atoms with E-state index >= 15 is 0 Å². The third kappa shape index (κ3) is 1.84. The summed E-state index contributed by atoms with van der Waals surface area (Å²) in [7, 11) is 0. The zero-order valence-corrected chi connectivity index (χ0v) is 9.68. The summed E-state index contributed by atoms with van der Waals surface area (Å²) in [6, 6.07) is 3.76. The van der Waals surface area contributed by atoms with Crippen molar-refractivity contribution in [3.63, 3.8) is 0 Å². The quantitative estimate of drug-likeness (QED) is 0.836. The van der Waals surface area contributed by atoms with Crippen molar-refractivity contribution in [1.82, 2.24) is 14.5 Å². The van der Waals surface area contributed by atoms with Crippen molar-refractivity contribution in [3.8, 4) is 5.69 Å². The number of aliphatic hydroxyl groups excluding tert-OH is 1. The Balaban J connectivity index is 2.38. The van der Waals surface area contributed by atoms with Crippen molar-refractivity contribution >= 4 is 0 Å². The van der Waals surface area contributed by atoms with Crippen LogP contribution < -0.4 is 0 Å². The van der Waals surface area contributed by atoms with E-state index in [0.29, 0.717) is 5.69 Å². The molecule has 4 heteroatoms. The molecule has 0 aliphatic carbocycles. The SMILES string of the molecule is Cc1ncn(-c2ccc(C(C)O)nc2)c1C. The van der Waals surface area contributed by atoms with Gasteiger partial charge in [0, 0.05) is 5.69 Å². The Kier molecular flexibility index (Phi) is 2.75. The van der Waals surface area contributed by atoms with Gasteiger partial charge in [0.15, 0.2) is 0 Å². The van der Waals surface area contributed by atoms with E-state index in [4.69, 9.17) is 0 Å². The standard InChI is InChI=1S/C12H15N3O/c1-8-9(2)15(7-14-8)11-4-5-12(10(3)16)13-6-11/h4-7,10,16H,1-3H3. The summed E-state index contributed by atoms with van der Waals surface area (Å²) in [5.41, 5.74) is 3.76. The Labute approximate surface area is 94.6 Å². The van der Waals surface area contributed by atoms with Gasteiger partial charge in [-0.15, -0.1) is 0 Å². The van der Waals surface area contributed by atoms with Gasteiger partial charge in [0.1, 0.15) is 0 Å². The van der Waals surface area contributed by atoms with E-state index in [1.165, 1.54) is 0 Å². The molecule has 0 fully saturated rings. The monoisotopic (exact) mass is 217 g/mol. The summed E-state index contributed by atoms with van der Waals surface area (Å²) in [6.07, 6.45) is 3.00. The van der Waals surface area contributed by atoms with Crippen LogP contribution in [0.5, 0.6) is 0 Å². The molecule has 2 heterocycles. The minimum atomic E-state index is -0.528. The molecule has 2 rings (SSSR count). The first-order valence-electron chi connectivity index (χ1n) is 5.24. The molecule has 0 saturated carbocycles. The van der Waals surface area contributed by atoms with Crippen LogP contribution in [0.4, 0.5) is 0 Å². The van der Waals surface area contributed by atoms with Gasteiger partial charge in [-0.05, 0) is 32.9 Å². The fourth-order valence-electron chi connectivity index (χ4n) is 1.55. The zero-order chi connectivity index (χ0) is 11.7. The van der Waals surface area contributed by atoms with Gasteiger partial charge in [0.2, 0.25) is 0 Å². The Hall–Kier alpha value is -1.68. The van der Waals surface area contributed by atoms with E-state index in [0.717, 1.165) is 17.1 Å². The summed E-state index contributed by atoms with van der Waals surface area (Å²) in [5.74, 6) is 0. The van der Waals surface area contributed by atoms with Crippen LogP contribution in [0, 0.1) is 13.8 Å². The molecular formula is C12H15N3O. The predicted molar refractivity (Wildman–Crippen MR) is 61.5 cm³/mol. The van der Waals surface area contributed by atoms with Crippen LogP contribution in [0.15, 0.2) is 24.7 Å². The number of imidazole rings is 1. The van der Waals surface area contributed by atoms with E-state index in [2.05, 4.69) is 9.97 Å². The number of aliphatic hydroxyl groups is 1. The van der Waals surface area contributed by atoms with Gasteiger partial charge in [0.05, 0.1) is 35.7 Å². The van der Waals surface area contributed by atoms with Gasteiger partial charge in [-0.3, -0.25) is 4.98 Å².